The number of nitrogens with zero attached hydrogens (tertiary/aromatic N) is 4. The first-order chi connectivity index (χ1) is 13.7. The van der Waals surface area contributed by atoms with Gasteiger partial charge < -0.3 is 14.1 Å². The lowest BCUT2D eigenvalue weighted by atomic mass is 10.0. The SMILES string of the molecule is COc1ccc(-c2c(-c3ccno3)c3cc(C#N)c(C#N)cc3n2OC)cc1. The Kier molecular flexibility index (Phi) is 4.19. The summed E-state index contributed by atoms with van der Waals surface area (Å²) < 4.78 is 12.3. The fourth-order valence-corrected chi connectivity index (χ4v) is 3.29. The topological polar surface area (TPSA) is 97.0 Å². The molecule has 0 unspecified atom stereocenters. The van der Waals surface area contributed by atoms with Crippen LogP contribution in [0.5, 0.6) is 5.75 Å². The minimum atomic E-state index is 0.274. The summed E-state index contributed by atoms with van der Waals surface area (Å²) in [4.78, 5) is 5.65. The monoisotopic (exact) mass is 370 g/mol. The van der Waals surface area contributed by atoms with Gasteiger partial charge in [0.05, 0.1) is 41.2 Å². The number of hydrogen-bond donors (Lipinski definition) is 0. The van der Waals surface area contributed by atoms with Gasteiger partial charge in [0.15, 0.2) is 5.76 Å². The number of ether oxygens (including phenoxy) is 1. The molecule has 0 spiro atoms. The standard InChI is InChI=1S/C21H14N4O3/c1-26-16-5-3-13(4-6-16)21-20(19-7-8-24-28-19)17-9-14(11-22)15(12-23)10-18(17)25(21)27-2/h3-10H,1-2H3. The van der Waals surface area contributed by atoms with Gasteiger partial charge in [0.25, 0.3) is 0 Å². The Morgan fingerprint density at radius 2 is 1.71 bits per heavy atom. The predicted octanol–water partition coefficient (Wildman–Crippen LogP) is 3.77. The van der Waals surface area contributed by atoms with E-state index in [1.165, 1.54) is 0 Å². The van der Waals surface area contributed by atoms with Crippen LogP contribution in [-0.4, -0.2) is 24.1 Å². The maximum Gasteiger partial charge on any atom is 0.169 e. The van der Waals surface area contributed by atoms with E-state index in [4.69, 9.17) is 14.1 Å². The highest BCUT2D eigenvalue weighted by Gasteiger charge is 2.24. The molecule has 0 fully saturated rings. The van der Waals surface area contributed by atoms with Crippen LogP contribution >= 0.6 is 0 Å². The molecule has 7 heteroatoms. The highest BCUT2D eigenvalue weighted by Crippen LogP contribution is 2.41. The van der Waals surface area contributed by atoms with Gasteiger partial charge >= 0.3 is 0 Å². The largest absolute Gasteiger partial charge is 0.497 e. The predicted molar refractivity (Wildman–Crippen MR) is 101 cm³/mol. The van der Waals surface area contributed by atoms with Gasteiger partial charge in [0, 0.05) is 17.0 Å². The third-order valence-corrected chi connectivity index (χ3v) is 4.54. The molecule has 0 radical (unpaired) electrons. The van der Waals surface area contributed by atoms with Crippen LogP contribution in [-0.2, 0) is 0 Å². The summed E-state index contributed by atoms with van der Waals surface area (Å²) in [6.45, 7) is 0. The fraction of sp³-hybridized carbons (Fsp3) is 0.0952. The summed E-state index contributed by atoms with van der Waals surface area (Å²) in [6.07, 6.45) is 1.55. The van der Waals surface area contributed by atoms with Crippen LogP contribution in [0.25, 0.3) is 33.5 Å². The van der Waals surface area contributed by atoms with E-state index in [0.29, 0.717) is 11.3 Å². The quantitative estimate of drug-likeness (QED) is 0.542. The van der Waals surface area contributed by atoms with Crippen molar-refractivity contribution in [3.8, 4) is 40.5 Å². The molecule has 4 rings (SSSR count). The zero-order valence-electron chi connectivity index (χ0n) is 15.1. The molecule has 0 atom stereocenters. The smallest absolute Gasteiger partial charge is 0.169 e. The zero-order chi connectivity index (χ0) is 19.7. The first kappa shape index (κ1) is 17.2. The third kappa shape index (κ3) is 2.54. The van der Waals surface area contributed by atoms with Crippen LogP contribution in [0.3, 0.4) is 0 Å². The third-order valence-electron chi connectivity index (χ3n) is 4.54. The Balaban J connectivity index is 2.14. The molecule has 0 aliphatic rings. The molecule has 136 valence electrons. The highest BCUT2D eigenvalue weighted by atomic mass is 16.6. The van der Waals surface area contributed by atoms with Gasteiger partial charge in [-0.2, -0.15) is 15.3 Å². The molecular weight excluding hydrogens is 356 g/mol. The molecule has 0 saturated heterocycles. The van der Waals surface area contributed by atoms with Crippen LogP contribution < -0.4 is 9.57 Å². The second-order valence-electron chi connectivity index (χ2n) is 5.94. The van der Waals surface area contributed by atoms with Crippen LogP contribution in [0.15, 0.2) is 53.2 Å². The average molecular weight is 370 g/mol. The van der Waals surface area contributed by atoms with Gasteiger partial charge in [-0.05, 0) is 36.4 Å². The first-order valence-electron chi connectivity index (χ1n) is 8.34. The van der Waals surface area contributed by atoms with Gasteiger partial charge in [-0.15, -0.1) is 0 Å². The van der Waals surface area contributed by atoms with Crippen molar-refractivity contribution >= 4 is 10.9 Å². The molecule has 0 N–H and O–H groups in total. The van der Waals surface area contributed by atoms with Crippen molar-refractivity contribution < 1.29 is 14.1 Å². The number of benzene rings is 2. The van der Waals surface area contributed by atoms with E-state index in [1.807, 2.05) is 24.3 Å². The summed E-state index contributed by atoms with van der Waals surface area (Å²) in [7, 11) is 3.15. The molecule has 7 nitrogen and oxygen atoms in total. The Hall–Kier alpha value is -4.23. The maximum atomic E-state index is 9.45. The van der Waals surface area contributed by atoms with E-state index in [-0.39, 0.29) is 11.1 Å². The summed E-state index contributed by atoms with van der Waals surface area (Å²) in [5, 5.41) is 23.4. The van der Waals surface area contributed by atoms with Crippen molar-refractivity contribution in [1.82, 2.24) is 9.89 Å². The lowest BCUT2D eigenvalue weighted by molar-refractivity contribution is 0.183. The second-order valence-corrected chi connectivity index (χ2v) is 5.94. The van der Waals surface area contributed by atoms with Crippen molar-refractivity contribution in [2.75, 3.05) is 14.2 Å². The van der Waals surface area contributed by atoms with Crippen molar-refractivity contribution in [3.63, 3.8) is 0 Å². The molecule has 2 aromatic carbocycles. The molecule has 28 heavy (non-hydrogen) atoms. The molecule has 0 bridgehead atoms. The Labute approximate surface area is 160 Å². The summed E-state index contributed by atoms with van der Waals surface area (Å²) in [5.41, 5.74) is 3.50. The van der Waals surface area contributed by atoms with Crippen LogP contribution in [0.2, 0.25) is 0 Å². The van der Waals surface area contributed by atoms with Crippen LogP contribution in [0.1, 0.15) is 11.1 Å². The number of nitriles is 2. The minimum Gasteiger partial charge on any atom is -0.497 e. The molecule has 0 aliphatic carbocycles. The lowest BCUT2D eigenvalue weighted by Gasteiger charge is -2.10. The zero-order valence-corrected chi connectivity index (χ0v) is 15.1. The molecule has 0 aliphatic heterocycles. The Morgan fingerprint density at radius 3 is 2.29 bits per heavy atom. The number of rotatable bonds is 4. The van der Waals surface area contributed by atoms with Gasteiger partial charge in [-0.3, -0.25) is 0 Å². The molecule has 2 heterocycles. The molecular formula is C21H14N4O3. The normalized spacial score (nSPS) is 10.4. The Morgan fingerprint density at radius 1 is 1.00 bits per heavy atom. The molecule has 0 saturated carbocycles. The molecule has 0 amide bonds. The van der Waals surface area contributed by atoms with Crippen LogP contribution in [0.4, 0.5) is 0 Å². The van der Waals surface area contributed by atoms with Gasteiger partial charge in [0.1, 0.15) is 25.0 Å². The van der Waals surface area contributed by atoms with Crippen molar-refractivity contribution in [2.24, 2.45) is 0 Å². The van der Waals surface area contributed by atoms with Gasteiger partial charge in [-0.25, -0.2) is 0 Å². The number of methoxy groups -OCH3 is 1. The molecule has 2 aromatic heterocycles. The first-order valence-corrected chi connectivity index (χ1v) is 8.34. The number of hydrogen-bond acceptors (Lipinski definition) is 6. The van der Waals surface area contributed by atoms with Crippen LogP contribution in [0, 0.1) is 22.7 Å². The van der Waals surface area contributed by atoms with Crippen molar-refractivity contribution in [3.05, 3.63) is 59.8 Å². The van der Waals surface area contributed by atoms with E-state index >= 15 is 0 Å². The average Bonchev–Trinajstić information content (AvgIpc) is 3.37. The number of fused-ring (bicyclic) bond motifs is 1. The van der Waals surface area contributed by atoms with Gasteiger partial charge in [-0.1, -0.05) is 5.16 Å². The highest BCUT2D eigenvalue weighted by molar-refractivity contribution is 6.04. The van der Waals surface area contributed by atoms with E-state index in [0.717, 1.165) is 28.0 Å². The summed E-state index contributed by atoms with van der Waals surface area (Å²) in [5.74, 6) is 1.25. The van der Waals surface area contributed by atoms with E-state index < -0.39 is 0 Å². The minimum absolute atomic E-state index is 0.274. The lowest BCUT2D eigenvalue weighted by Crippen LogP contribution is -2.07. The van der Waals surface area contributed by atoms with Gasteiger partial charge in [0.2, 0.25) is 0 Å². The summed E-state index contributed by atoms with van der Waals surface area (Å²) >= 11 is 0. The fourth-order valence-electron chi connectivity index (χ4n) is 3.29. The van der Waals surface area contributed by atoms with E-state index in [9.17, 15) is 10.5 Å². The van der Waals surface area contributed by atoms with E-state index in [2.05, 4.69) is 17.3 Å². The maximum absolute atomic E-state index is 9.45. The Bertz CT molecular complexity index is 1240. The van der Waals surface area contributed by atoms with Crippen molar-refractivity contribution in [1.29, 1.82) is 10.5 Å². The number of aromatic nitrogens is 2. The molecule has 4 aromatic rings. The summed E-state index contributed by atoms with van der Waals surface area (Å²) in [6, 6.07) is 16.7. The van der Waals surface area contributed by atoms with E-state index in [1.54, 1.807) is 43.3 Å². The second kappa shape index (κ2) is 6.82. The van der Waals surface area contributed by atoms with Crippen molar-refractivity contribution in [2.45, 2.75) is 0 Å².